The molecule has 0 heterocycles. The van der Waals surface area contributed by atoms with Crippen molar-refractivity contribution in [3.05, 3.63) is 94.0 Å². The number of hydrogen-bond acceptors (Lipinski definition) is 4. The molecule has 1 atom stereocenters. The summed E-state index contributed by atoms with van der Waals surface area (Å²) >= 11 is 6.39. The second-order valence-electron chi connectivity index (χ2n) is 10.2. The summed E-state index contributed by atoms with van der Waals surface area (Å²) in [5.74, 6) is -0.782. The molecule has 0 unspecified atom stereocenters. The molecule has 0 spiro atoms. The van der Waals surface area contributed by atoms with Gasteiger partial charge < -0.3 is 10.2 Å². The largest absolute Gasteiger partial charge is 0.352 e. The van der Waals surface area contributed by atoms with Crippen molar-refractivity contribution in [2.75, 3.05) is 10.8 Å². The Bertz CT molecular complexity index is 1460. The molecule has 0 radical (unpaired) electrons. The van der Waals surface area contributed by atoms with Gasteiger partial charge in [0.25, 0.3) is 10.0 Å². The number of carbonyl (C=O) groups is 2. The minimum Gasteiger partial charge on any atom is -0.352 e. The first-order valence-electron chi connectivity index (χ1n) is 13.4. The highest BCUT2D eigenvalue weighted by Gasteiger charge is 2.34. The summed E-state index contributed by atoms with van der Waals surface area (Å²) in [5.41, 5.74) is 3.58. The van der Waals surface area contributed by atoms with Crippen LogP contribution in [0.3, 0.4) is 0 Å². The Labute approximate surface area is 243 Å². The van der Waals surface area contributed by atoms with Gasteiger partial charge in [0.1, 0.15) is 12.6 Å². The van der Waals surface area contributed by atoms with E-state index in [0.29, 0.717) is 22.7 Å². The monoisotopic (exact) mass is 583 g/mol. The van der Waals surface area contributed by atoms with Crippen LogP contribution in [0, 0.1) is 20.8 Å². The van der Waals surface area contributed by atoms with Gasteiger partial charge in [-0.15, -0.1) is 0 Å². The van der Waals surface area contributed by atoms with Crippen molar-refractivity contribution in [1.29, 1.82) is 0 Å². The SMILES string of the molecule is CC[C@@H](C(=O)NC(C)C)N(Cc1ccccc1C)C(=O)CN(c1cccc(Cl)c1C)S(=O)(=O)c1ccc(C)cc1. The summed E-state index contributed by atoms with van der Waals surface area (Å²) in [6.07, 6.45) is 0.358. The molecular formula is C31H38ClN3O4S. The van der Waals surface area contributed by atoms with E-state index in [2.05, 4.69) is 5.32 Å². The molecule has 9 heteroatoms. The highest BCUT2D eigenvalue weighted by Crippen LogP contribution is 2.31. The number of anilines is 1. The first-order valence-corrected chi connectivity index (χ1v) is 15.2. The number of carbonyl (C=O) groups excluding carboxylic acids is 2. The van der Waals surface area contributed by atoms with Gasteiger partial charge in [0, 0.05) is 17.6 Å². The van der Waals surface area contributed by atoms with Crippen molar-refractivity contribution in [2.24, 2.45) is 0 Å². The molecule has 0 saturated carbocycles. The summed E-state index contributed by atoms with van der Waals surface area (Å²) in [6.45, 7) is 10.7. The van der Waals surface area contributed by atoms with Crippen LogP contribution in [0.4, 0.5) is 5.69 Å². The van der Waals surface area contributed by atoms with Gasteiger partial charge in [-0.3, -0.25) is 13.9 Å². The predicted molar refractivity (Wildman–Crippen MR) is 161 cm³/mol. The Hall–Kier alpha value is -3.36. The van der Waals surface area contributed by atoms with Crippen LogP contribution < -0.4 is 9.62 Å². The molecule has 0 aliphatic rings. The minimum atomic E-state index is -4.16. The van der Waals surface area contributed by atoms with E-state index < -0.39 is 28.5 Å². The van der Waals surface area contributed by atoms with Crippen LogP contribution in [0.15, 0.2) is 71.6 Å². The molecule has 0 aliphatic heterocycles. The summed E-state index contributed by atoms with van der Waals surface area (Å²) in [5, 5.41) is 3.29. The molecule has 0 bridgehead atoms. The molecule has 3 aromatic rings. The highest BCUT2D eigenvalue weighted by atomic mass is 35.5. The van der Waals surface area contributed by atoms with Crippen LogP contribution in [-0.4, -0.2) is 43.8 Å². The van der Waals surface area contributed by atoms with Crippen LogP contribution in [0.5, 0.6) is 0 Å². The summed E-state index contributed by atoms with van der Waals surface area (Å²) in [7, 11) is -4.16. The summed E-state index contributed by atoms with van der Waals surface area (Å²) < 4.78 is 29.2. The van der Waals surface area contributed by atoms with Crippen molar-refractivity contribution in [2.45, 2.75) is 71.5 Å². The molecule has 0 aliphatic carbocycles. The quantitative estimate of drug-likeness (QED) is 0.309. The second-order valence-corrected chi connectivity index (χ2v) is 12.5. The van der Waals surface area contributed by atoms with Gasteiger partial charge in [-0.25, -0.2) is 8.42 Å². The molecule has 0 saturated heterocycles. The number of benzene rings is 3. The van der Waals surface area contributed by atoms with Crippen molar-refractivity contribution in [3.8, 4) is 0 Å². The van der Waals surface area contributed by atoms with E-state index in [1.165, 1.54) is 17.0 Å². The van der Waals surface area contributed by atoms with Gasteiger partial charge >= 0.3 is 0 Å². The molecule has 1 N–H and O–H groups in total. The number of nitrogens with one attached hydrogen (secondary N) is 1. The molecule has 40 heavy (non-hydrogen) atoms. The van der Waals surface area contributed by atoms with Crippen molar-refractivity contribution >= 4 is 39.1 Å². The fraction of sp³-hybridized carbons (Fsp3) is 0.355. The number of hydrogen-bond donors (Lipinski definition) is 1. The Kier molecular flexibility index (Phi) is 10.4. The standard InChI is InChI=1S/C31H38ClN3O4S/c1-7-28(31(37)33-21(2)3)34(19-25-12-9-8-11-23(25)5)30(36)20-35(29-14-10-13-27(32)24(29)6)40(38,39)26-17-15-22(4)16-18-26/h8-18,21,28H,7,19-20H2,1-6H3,(H,33,37)/t28-/m0/s1. The topological polar surface area (TPSA) is 86.8 Å². The van der Waals surface area contributed by atoms with Crippen LogP contribution in [0.2, 0.25) is 5.02 Å². The molecule has 0 fully saturated rings. The van der Waals surface area contributed by atoms with Crippen molar-refractivity contribution < 1.29 is 18.0 Å². The van der Waals surface area contributed by atoms with E-state index in [4.69, 9.17) is 11.6 Å². The van der Waals surface area contributed by atoms with Gasteiger partial charge in [0.05, 0.1) is 10.6 Å². The van der Waals surface area contributed by atoms with Gasteiger partial charge in [0.15, 0.2) is 0 Å². The lowest BCUT2D eigenvalue weighted by Crippen LogP contribution is -2.53. The number of amides is 2. The third kappa shape index (κ3) is 7.23. The van der Waals surface area contributed by atoms with Gasteiger partial charge in [-0.1, -0.05) is 66.6 Å². The van der Waals surface area contributed by atoms with Crippen molar-refractivity contribution in [3.63, 3.8) is 0 Å². The van der Waals surface area contributed by atoms with Crippen LogP contribution in [0.25, 0.3) is 0 Å². The number of nitrogens with zero attached hydrogens (tertiary/aromatic N) is 2. The zero-order chi connectivity index (χ0) is 29.6. The number of halogens is 1. The summed E-state index contributed by atoms with van der Waals surface area (Å²) in [4.78, 5) is 29.0. The molecule has 0 aromatic heterocycles. The lowest BCUT2D eigenvalue weighted by atomic mass is 10.1. The Morgan fingerprint density at radius 3 is 2.17 bits per heavy atom. The van der Waals surface area contributed by atoms with E-state index in [-0.39, 0.29) is 23.4 Å². The van der Waals surface area contributed by atoms with E-state index >= 15 is 0 Å². The Morgan fingerprint density at radius 2 is 1.57 bits per heavy atom. The first kappa shape index (κ1) is 31.2. The van der Waals surface area contributed by atoms with Crippen LogP contribution in [-0.2, 0) is 26.2 Å². The summed E-state index contributed by atoms with van der Waals surface area (Å²) in [6, 6.07) is 18.2. The third-order valence-electron chi connectivity index (χ3n) is 6.81. The molecule has 3 rings (SSSR count). The Balaban J connectivity index is 2.12. The van der Waals surface area contributed by atoms with Crippen molar-refractivity contribution in [1.82, 2.24) is 10.2 Å². The number of aryl methyl sites for hydroxylation is 2. The average Bonchev–Trinajstić information content (AvgIpc) is 2.89. The van der Waals surface area contributed by atoms with Gasteiger partial charge in [-0.05, 0) is 82.0 Å². The lowest BCUT2D eigenvalue weighted by Gasteiger charge is -2.34. The fourth-order valence-corrected chi connectivity index (χ4v) is 6.13. The number of sulfonamides is 1. The maximum Gasteiger partial charge on any atom is 0.264 e. The maximum absolute atomic E-state index is 14.2. The Morgan fingerprint density at radius 1 is 0.925 bits per heavy atom. The van der Waals surface area contributed by atoms with Crippen LogP contribution in [0.1, 0.15) is 49.4 Å². The minimum absolute atomic E-state index is 0.0559. The van der Waals surface area contributed by atoms with E-state index in [1.807, 2.05) is 58.9 Å². The highest BCUT2D eigenvalue weighted by molar-refractivity contribution is 7.92. The second kappa shape index (κ2) is 13.3. The predicted octanol–water partition coefficient (Wildman–Crippen LogP) is 5.79. The third-order valence-corrected chi connectivity index (χ3v) is 9.00. The zero-order valence-corrected chi connectivity index (χ0v) is 25.5. The van der Waals surface area contributed by atoms with E-state index in [1.54, 1.807) is 37.3 Å². The average molecular weight is 584 g/mol. The molecule has 214 valence electrons. The van der Waals surface area contributed by atoms with E-state index in [0.717, 1.165) is 21.0 Å². The fourth-order valence-electron chi connectivity index (χ4n) is 4.49. The molecular weight excluding hydrogens is 546 g/mol. The number of rotatable bonds is 11. The van der Waals surface area contributed by atoms with Gasteiger partial charge in [-0.2, -0.15) is 0 Å². The molecule has 2 amide bonds. The normalized spacial score (nSPS) is 12.2. The smallest absolute Gasteiger partial charge is 0.264 e. The molecule has 3 aromatic carbocycles. The van der Waals surface area contributed by atoms with Crippen LogP contribution >= 0.6 is 11.6 Å². The van der Waals surface area contributed by atoms with Gasteiger partial charge in [0.2, 0.25) is 11.8 Å². The molecule has 7 nitrogen and oxygen atoms in total. The zero-order valence-electron chi connectivity index (χ0n) is 23.9. The van der Waals surface area contributed by atoms with E-state index in [9.17, 15) is 18.0 Å². The lowest BCUT2D eigenvalue weighted by molar-refractivity contribution is -0.140. The maximum atomic E-state index is 14.2. The first-order chi connectivity index (χ1) is 18.9.